The summed E-state index contributed by atoms with van der Waals surface area (Å²) >= 11 is 0. The molecule has 6 heteroatoms. The Morgan fingerprint density at radius 1 is 0.245 bits per heavy atom. The highest BCUT2D eigenvalue weighted by Crippen LogP contribution is 2.36. The number of benzene rings is 3. The maximum absolute atomic E-state index is 11.1. The SMILES string of the molecule is CCCCCCCCCCC(CCCCCCCC)COc1ccc(/C=C(\C#N)c2ccc(/C(C#N)=C/c3ccc(OCC(CCCCCCCC)CCCCCCCCCC)cc3OCC(CCCCCCCC)CCCCCCCCCC)cc2)c(OCC(CCCCCCCC)CCCCCCCCCC)c1. The Bertz CT molecular complexity index is 2510. The van der Waals surface area contributed by atoms with Crippen molar-refractivity contribution in [2.24, 2.45) is 23.7 Å². The molecular weight excluding hydrogens is 1340 g/mol. The van der Waals surface area contributed by atoms with Gasteiger partial charge >= 0.3 is 0 Å². The van der Waals surface area contributed by atoms with Crippen molar-refractivity contribution in [2.75, 3.05) is 26.4 Å². The lowest BCUT2D eigenvalue weighted by atomic mass is 9.94. The van der Waals surface area contributed by atoms with E-state index in [0.717, 1.165) is 58.5 Å². The Kier molecular flexibility index (Phi) is 66.2. The van der Waals surface area contributed by atoms with Crippen molar-refractivity contribution in [3.8, 4) is 35.1 Å². The second-order valence-corrected chi connectivity index (χ2v) is 34.3. The van der Waals surface area contributed by atoms with Crippen LogP contribution >= 0.6 is 0 Å². The van der Waals surface area contributed by atoms with Gasteiger partial charge in [-0.1, -0.05) is 439 Å². The van der Waals surface area contributed by atoms with Crippen molar-refractivity contribution in [1.29, 1.82) is 10.5 Å². The highest BCUT2D eigenvalue weighted by atomic mass is 16.5. The molecule has 3 aromatic rings. The summed E-state index contributed by atoms with van der Waals surface area (Å²) in [5.74, 6) is 5.30. The molecule has 0 aromatic heterocycles. The van der Waals surface area contributed by atoms with Crippen molar-refractivity contribution in [3.05, 3.63) is 82.9 Å². The van der Waals surface area contributed by atoms with Gasteiger partial charge in [-0.2, -0.15) is 10.5 Å². The molecule has 4 atom stereocenters. The largest absolute Gasteiger partial charge is 0.493 e. The number of hydrogen-bond acceptors (Lipinski definition) is 6. The fraction of sp³-hybridized carbons (Fsp3) is 0.769. The summed E-state index contributed by atoms with van der Waals surface area (Å²) in [5.41, 5.74) is 4.53. The van der Waals surface area contributed by atoms with Gasteiger partial charge in [-0.15, -0.1) is 0 Å². The molecule has 0 aliphatic heterocycles. The number of unbranched alkanes of at least 4 members (excludes halogenated alkanes) is 48. The number of hydrogen-bond donors (Lipinski definition) is 0. The molecule has 0 spiro atoms. The minimum absolute atomic E-state index is 0.471. The average molecular weight is 1520 g/mol. The molecule has 0 aliphatic carbocycles. The third-order valence-electron chi connectivity index (χ3n) is 24.0. The van der Waals surface area contributed by atoms with Crippen LogP contribution in [0.2, 0.25) is 0 Å². The minimum Gasteiger partial charge on any atom is -0.493 e. The zero-order chi connectivity index (χ0) is 78.9. The number of rotatable bonds is 80. The van der Waals surface area contributed by atoms with Crippen molar-refractivity contribution < 1.29 is 18.9 Å². The molecule has 0 saturated heterocycles. The number of allylic oxidation sites excluding steroid dienone is 2. The second-order valence-electron chi connectivity index (χ2n) is 34.3. The van der Waals surface area contributed by atoms with Crippen LogP contribution in [0.25, 0.3) is 23.3 Å². The first-order chi connectivity index (χ1) is 54.3. The van der Waals surface area contributed by atoms with Crippen LogP contribution in [0.5, 0.6) is 23.0 Å². The molecule has 0 amide bonds. The van der Waals surface area contributed by atoms with Crippen LogP contribution in [0.4, 0.5) is 0 Å². The fourth-order valence-electron chi connectivity index (χ4n) is 16.4. The third kappa shape index (κ3) is 52.7. The third-order valence-corrected chi connectivity index (χ3v) is 24.0. The predicted molar refractivity (Wildman–Crippen MR) is 483 cm³/mol. The van der Waals surface area contributed by atoms with Gasteiger partial charge in [0.15, 0.2) is 0 Å². The van der Waals surface area contributed by atoms with Gasteiger partial charge in [0.05, 0.1) is 49.7 Å². The Hall–Kier alpha value is -4.68. The highest BCUT2D eigenvalue weighted by molar-refractivity contribution is 5.93. The molecule has 0 bridgehead atoms. The molecule has 0 aliphatic rings. The molecule has 6 nitrogen and oxygen atoms in total. The van der Waals surface area contributed by atoms with E-state index in [2.05, 4.69) is 104 Å². The standard InChI is InChI=1S/C104H176N2O4/c1-9-17-25-33-41-45-53-61-67-91(65-57-49-37-29-21-13-5)87-107-101-79-77-97(103(83-101)109-89-93(69-59-51-39-31-23-15-7)71-63-55-47-43-35-27-19-11-3)81-99(85-105)95-73-75-96(76-74-95)100(86-106)82-98-78-80-102(108-88-92(66-58-50-38-30-22-14-6)68-62-54-46-42-34-26-18-10-2)84-104(98)110-90-94(70-60-52-40-32-24-16-8)72-64-56-48-44-36-28-20-12-4/h73-84,91-94H,9-72,87-90H2,1-8H3/b99-81+,100-82+. The van der Waals surface area contributed by atoms with Gasteiger partial charge in [0, 0.05) is 23.3 Å². The first-order valence-electron chi connectivity index (χ1n) is 48.4. The van der Waals surface area contributed by atoms with E-state index in [1.165, 1.54) is 411 Å². The Labute approximate surface area is 683 Å². The molecule has 3 aromatic carbocycles. The van der Waals surface area contributed by atoms with E-state index >= 15 is 0 Å². The maximum Gasteiger partial charge on any atom is 0.130 e. The summed E-state index contributed by atoms with van der Waals surface area (Å²) in [6.07, 6.45) is 87.6. The van der Waals surface area contributed by atoms with Gasteiger partial charge in [0.25, 0.3) is 0 Å². The van der Waals surface area contributed by atoms with Gasteiger partial charge < -0.3 is 18.9 Å². The smallest absolute Gasteiger partial charge is 0.130 e. The van der Waals surface area contributed by atoms with Crippen LogP contribution < -0.4 is 18.9 Å². The normalized spacial score (nSPS) is 13.0. The molecule has 0 heterocycles. The van der Waals surface area contributed by atoms with Crippen LogP contribution in [0.1, 0.15) is 489 Å². The molecule has 0 fully saturated rings. The van der Waals surface area contributed by atoms with Crippen LogP contribution in [0.15, 0.2) is 60.7 Å². The molecule has 0 radical (unpaired) electrons. The van der Waals surface area contributed by atoms with E-state index in [0.29, 0.717) is 48.0 Å². The van der Waals surface area contributed by atoms with E-state index in [4.69, 9.17) is 18.9 Å². The summed E-state index contributed by atoms with van der Waals surface area (Å²) < 4.78 is 28.0. The van der Waals surface area contributed by atoms with Crippen LogP contribution in [-0.2, 0) is 0 Å². The van der Waals surface area contributed by atoms with Crippen molar-refractivity contribution in [2.45, 2.75) is 466 Å². The first kappa shape index (κ1) is 99.5. The van der Waals surface area contributed by atoms with Crippen molar-refractivity contribution in [1.82, 2.24) is 0 Å². The lowest BCUT2D eigenvalue weighted by molar-refractivity contribution is 0.214. The Morgan fingerprint density at radius 3 is 0.618 bits per heavy atom. The molecule has 110 heavy (non-hydrogen) atoms. The van der Waals surface area contributed by atoms with E-state index in [1.54, 1.807) is 0 Å². The highest BCUT2D eigenvalue weighted by Gasteiger charge is 2.19. The van der Waals surface area contributed by atoms with Gasteiger partial charge in [-0.05, 0) is 123 Å². The fourth-order valence-corrected chi connectivity index (χ4v) is 16.4. The van der Waals surface area contributed by atoms with Crippen LogP contribution in [-0.4, -0.2) is 26.4 Å². The summed E-state index contributed by atoms with van der Waals surface area (Å²) in [6, 6.07) is 26.1. The molecule has 3 rings (SSSR count). The second kappa shape index (κ2) is 73.2. The zero-order valence-electron chi connectivity index (χ0n) is 73.8. The Morgan fingerprint density at radius 2 is 0.427 bits per heavy atom. The number of ether oxygens (including phenoxy) is 4. The van der Waals surface area contributed by atoms with Crippen LogP contribution in [0, 0.1) is 46.3 Å². The summed E-state index contributed by atoms with van der Waals surface area (Å²) in [6.45, 7) is 21.2. The topological polar surface area (TPSA) is 84.5 Å². The van der Waals surface area contributed by atoms with Gasteiger partial charge in [-0.3, -0.25) is 0 Å². The molecule has 0 N–H and O–H groups in total. The molecule has 4 unspecified atom stereocenters. The number of nitriles is 2. The van der Waals surface area contributed by atoms with Gasteiger partial charge in [0.1, 0.15) is 23.0 Å². The van der Waals surface area contributed by atoms with E-state index in [1.807, 2.05) is 36.4 Å². The quantitative estimate of drug-likeness (QED) is 0.0318. The molecule has 0 saturated carbocycles. The molecular formula is C104H176N2O4. The van der Waals surface area contributed by atoms with Crippen LogP contribution in [0.3, 0.4) is 0 Å². The van der Waals surface area contributed by atoms with Gasteiger partial charge in [-0.25, -0.2) is 0 Å². The average Bonchev–Trinajstić information content (AvgIpc) is 0.830. The minimum atomic E-state index is 0.471. The van der Waals surface area contributed by atoms with Gasteiger partial charge in [0.2, 0.25) is 0 Å². The lowest BCUT2D eigenvalue weighted by Gasteiger charge is -2.21. The predicted octanol–water partition coefficient (Wildman–Crippen LogP) is 34.9. The first-order valence-corrected chi connectivity index (χ1v) is 48.4. The monoisotopic (exact) mass is 1520 g/mol. The van der Waals surface area contributed by atoms with Crippen molar-refractivity contribution in [3.63, 3.8) is 0 Å². The Balaban J connectivity index is 2.08. The van der Waals surface area contributed by atoms with E-state index in [9.17, 15) is 10.5 Å². The maximum atomic E-state index is 11.1. The van der Waals surface area contributed by atoms with E-state index in [-0.39, 0.29) is 0 Å². The van der Waals surface area contributed by atoms with E-state index < -0.39 is 0 Å². The summed E-state index contributed by atoms with van der Waals surface area (Å²) in [7, 11) is 0. The summed E-state index contributed by atoms with van der Waals surface area (Å²) in [4.78, 5) is 0. The van der Waals surface area contributed by atoms with Crippen molar-refractivity contribution >= 4 is 23.3 Å². The summed E-state index contributed by atoms with van der Waals surface area (Å²) in [5, 5.41) is 22.3. The zero-order valence-corrected chi connectivity index (χ0v) is 73.8. The number of nitrogens with zero attached hydrogens (tertiary/aromatic N) is 2. The molecule has 626 valence electrons. The lowest BCUT2D eigenvalue weighted by Crippen LogP contribution is -2.14.